The fraction of sp³-hybridized carbons (Fsp3) is 0.154. The van der Waals surface area contributed by atoms with Gasteiger partial charge in [0.05, 0.1) is 6.10 Å². The van der Waals surface area contributed by atoms with Crippen LogP contribution in [0.1, 0.15) is 18.6 Å². The van der Waals surface area contributed by atoms with Crippen LogP contribution in [0.3, 0.4) is 0 Å². The van der Waals surface area contributed by atoms with Crippen LogP contribution in [0, 0.1) is 11.6 Å². The lowest BCUT2D eigenvalue weighted by atomic mass is 10.2. The van der Waals surface area contributed by atoms with Crippen molar-refractivity contribution in [2.45, 2.75) is 13.0 Å². The third-order valence-electron chi connectivity index (χ3n) is 2.35. The molecule has 0 saturated carbocycles. The SMILES string of the molecule is C[C@@H](O)c1ccnc(Oc2ccc(F)c(F)c2)c1. The molecule has 0 aliphatic heterocycles. The van der Waals surface area contributed by atoms with Crippen LogP contribution in [-0.4, -0.2) is 10.1 Å². The summed E-state index contributed by atoms with van der Waals surface area (Å²) in [7, 11) is 0. The standard InChI is InChI=1S/C13H11F2NO2/c1-8(17)9-4-5-16-13(6-9)18-10-2-3-11(14)12(15)7-10/h2-8,17H,1H3/t8-/m1/s1. The van der Waals surface area contributed by atoms with Gasteiger partial charge in [-0.05, 0) is 30.7 Å². The quantitative estimate of drug-likeness (QED) is 0.910. The number of aromatic nitrogens is 1. The minimum atomic E-state index is -0.987. The van der Waals surface area contributed by atoms with Gasteiger partial charge in [-0.3, -0.25) is 0 Å². The van der Waals surface area contributed by atoms with Crippen LogP contribution in [0.5, 0.6) is 11.6 Å². The van der Waals surface area contributed by atoms with Crippen LogP contribution in [0.2, 0.25) is 0 Å². The Labute approximate surface area is 103 Å². The van der Waals surface area contributed by atoms with Gasteiger partial charge in [0.2, 0.25) is 5.88 Å². The molecule has 1 N–H and O–H groups in total. The molecule has 94 valence electrons. The average Bonchev–Trinajstić information content (AvgIpc) is 2.34. The Morgan fingerprint density at radius 2 is 1.94 bits per heavy atom. The van der Waals surface area contributed by atoms with Gasteiger partial charge in [-0.2, -0.15) is 0 Å². The van der Waals surface area contributed by atoms with Gasteiger partial charge < -0.3 is 9.84 Å². The maximum absolute atomic E-state index is 13.0. The third-order valence-corrected chi connectivity index (χ3v) is 2.35. The van der Waals surface area contributed by atoms with E-state index in [9.17, 15) is 13.9 Å². The van der Waals surface area contributed by atoms with E-state index < -0.39 is 17.7 Å². The number of hydrogen-bond acceptors (Lipinski definition) is 3. The molecule has 2 aromatic rings. The lowest BCUT2D eigenvalue weighted by Crippen LogP contribution is -1.94. The third kappa shape index (κ3) is 2.81. The van der Waals surface area contributed by atoms with Crippen molar-refractivity contribution in [3.05, 3.63) is 53.7 Å². The number of benzene rings is 1. The number of nitrogens with zero attached hydrogens (tertiary/aromatic N) is 1. The van der Waals surface area contributed by atoms with E-state index >= 15 is 0 Å². The maximum atomic E-state index is 13.0. The summed E-state index contributed by atoms with van der Waals surface area (Å²) in [5.74, 6) is -1.57. The molecular formula is C13H11F2NO2. The van der Waals surface area contributed by atoms with Crippen molar-refractivity contribution in [3.63, 3.8) is 0 Å². The molecule has 1 heterocycles. The second-order valence-corrected chi connectivity index (χ2v) is 3.78. The predicted molar refractivity (Wildman–Crippen MR) is 61.3 cm³/mol. The van der Waals surface area contributed by atoms with Gasteiger partial charge in [-0.1, -0.05) is 0 Å². The van der Waals surface area contributed by atoms with Crippen LogP contribution in [0.15, 0.2) is 36.5 Å². The Bertz CT molecular complexity index is 558. The van der Waals surface area contributed by atoms with Gasteiger partial charge in [0.15, 0.2) is 11.6 Å². The van der Waals surface area contributed by atoms with Crippen LogP contribution >= 0.6 is 0 Å². The molecule has 5 heteroatoms. The first-order chi connectivity index (χ1) is 8.56. The van der Waals surface area contributed by atoms with Gasteiger partial charge in [0.1, 0.15) is 5.75 Å². The van der Waals surface area contributed by atoms with Crippen molar-refractivity contribution < 1.29 is 18.6 Å². The number of pyridine rings is 1. The van der Waals surface area contributed by atoms with E-state index in [1.165, 1.54) is 18.3 Å². The molecule has 0 fully saturated rings. The Hall–Kier alpha value is -2.01. The molecule has 1 atom stereocenters. The predicted octanol–water partition coefficient (Wildman–Crippen LogP) is 3.21. The summed E-state index contributed by atoms with van der Waals surface area (Å²) < 4.78 is 31.0. The molecular weight excluding hydrogens is 240 g/mol. The highest BCUT2D eigenvalue weighted by atomic mass is 19.2. The molecule has 0 amide bonds. The Balaban J connectivity index is 2.23. The molecule has 0 aliphatic carbocycles. The van der Waals surface area contributed by atoms with E-state index in [2.05, 4.69) is 4.98 Å². The first kappa shape index (κ1) is 12.4. The van der Waals surface area contributed by atoms with Crippen molar-refractivity contribution in [1.82, 2.24) is 4.98 Å². The summed E-state index contributed by atoms with van der Waals surface area (Å²) in [4.78, 5) is 3.92. The number of ether oxygens (including phenoxy) is 1. The lowest BCUT2D eigenvalue weighted by molar-refractivity contribution is 0.198. The Morgan fingerprint density at radius 1 is 1.17 bits per heavy atom. The lowest BCUT2D eigenvalue weighted by Gasteiger charge is -2.08. The first-order valence-corrected chi connectivity index (χ1v) is 5.33. The van der Waals surface area contributed by atoms with Crippen LogP contribution in [0.25, 0.3) is 0 Å². The number of rotatable bonds is 3. The first-order valence-electron chi connectivity index (χ1n) is 5.33. The summed E-state index contributed by atoms with van der Waals surface area (Å²) in [6.45, 7) is 1.61. The highest BCUT2D eigenvalue weighted by Crippen LogP contribution is 2.23. The van der Waals surface area contributed by atoms with Crippen molar-refractivity contribution >= 4 is 0 Å². The molecule has 1 aromatic carbocycles. The molecule has 0 spiro atoms. The van der Waals surface area contributed by atoms with E-state index in [0.29, 0.717) is 5.56 Å². The summed E-state index contributed by atoms with van der Waals surface area (Å²) in [5.41, 5.74) is 0.627. The summed E-state index contributed by atoms with van der Waals surface area (Å²) in [6.07, 6.45) is 0.817. The number of halogens is 2. The largest absolute Gasteiger partial charge is 0.439 e. The second kappa shape index (κ2) is 5.10. The van der Waals surface area contributed by atoms with Gasteiger partial charge in [0.25, 0.3) is 0 Å². The summed E-state index contributed by atoms with van der Waals surface area (Å²) in [5, 5.41) is 9.40. The fourth-order valence-corrected chi connectivity index (χ4v) is 1.40. The van der Waals surface area contributed by atoms with Crippen LogP contribution < -0.4 is 4.74 Å². The zero-order chi connectivity index (χ0) is 13.1. The average molecular weight is 251 g/mol. The highest BCUT2D eigenvalue weighted by Gasteiger charge is 2.07. The minimum Gasteiger partial charge on any atom is -0.439 e. The van der Waals surface area contributed by atoms with Gasteiger partial charge in [0, 0.05) is 18.3 Å². The van der Waals surface area contributed by atoms with Crippen molar-refractivity contribution in [2.24, 2.45) is 0 Å². The molecule has 2 rings (SSSR count). The molecule has 3 nitrogen and oxygen atoms in total. The summed E-state index contributed by atoms with van der Waals surface area (Å²) >= 11 is 0. The van der Waals surface area contributed by atoms with Gasteiger partial charge >= 0.3 is 0 Å². The maximum Gasteiger partial charge on any atom is 0.219 e. The summed E-state index contributed by atoms with van der Waals surface area (Å²) in [6, 6.07) is 6.39. The molecule has 1 aromatic heterocycles. The second-order valence-electron chi connectivity index (χ2n) is 3.78. The van der Waals surface area contributed by atoms with Crippen LogP contribution in [-0.2, 0) is 0 Å². The normalized spacial score (nSPS) is 12.2. The number of aliphatic hydroxyl groups is 1. The molecule has 18 heavy (non-hydrogen) atoms. The van der Waals surface area contributed by atoms with E-state index in [1.54, 1.807) is 13.0 Å². The molecule has 0 aliphatic rings. The molecule has 0 bridgehead atoms. The van der Waals surface area contributed by atoms with E-state index in [0.717, 1.165) is 12.1 Å². The zero-order valence-electron chi connectivity index (χ0n) is 9.60. The topological polar surface area (TPSA) is 42.4 Å². The smallest absolute Gasteiger partial charge is 0.219 e. The zero-order valence-corrected chi connectivity index (χ0v) is 9.60. The van der Waals surface area contributed by atoms with Crippen molar-refractivity contribution in [1.29, 1.82) is 0 Å². The van der Waals surface area contributed by atoms with E-state index in [1.807, 2.05) is 0 Å². The Morgan fingerprint density at radius 3 is 2.61 bits per heavy atom. The molecule has 0 unspecified atom stereocenters. The van der Waals surface area contributed by atoms with E-state index in [4.69, 9.17) is 4.74 Å². The van der Waals surface area contributed by atoms with E-state index in [-0.39, 0.29) is 11.6 Å². The number of aliphatic hydroxyl groups excluding tert-OH is 1. The van der Waals surface area contributed by atoms with Gasteiger partial charge in [-0.25, -0.2) is 13.8 Å². The minimum absolute atomic E-state index is 0.143. The molecule has 0 saturated heterocycles. The fourth-order valence-electron chi connectivity index (χ4n) is 1.40. The molecule has 0 radical (unpaired) electrons. The van der Waals surface area contributed by atoms with Crippen LogP contribution in [0.4, 0.5) is 8.78 Å². The monoisotopic (exact) mass is 251 g/mol. The van der Waals surface area contributed by atoms with Crippen molar-refractivity contribution in [2.75, 3.05) is 0 Å². The Kier molecular flexibility index (Phi) is 3.53. The van der Waals surface area contributed by atoms with Crippen molar-refractivity contribution in [3.8, 4) is 11.6 Å². The number of hydrogen-bond donors (Lipinski definition) is 1. The highest BCUT2D eigenvalue weighted by molar-refractivity contribution is 5.30. The van der Waals surface area contributed by atoms with Gasteiger partial charge in [-0.15, -0.1) is 0 Å².